The summed E-state index contributed by atoms with van der Waals surface area (Å²) in [6.45, 7) is 5.25. The Kier molecular flexibility index (Phi) is 6.64. The molecular weight excluding hydrogens is 608 g/mol. The Bertz CT molecular complexity index is 2110. The lowest BCUT2D eigenvalue weighted by atomic mass is 9.46. The van der Waals surface area contributed by atoms with Crippen molar-refractivity contribution in [2.75, 3.05) is 12.0 Å². The normalized spacial score (nSPS) is 28.4. The molecule has 0 unspecified atom stereocenters. The number of allylic oxidation sites excluding steroid dienone is 4. The Labute approximate surface area is 276 Å². The number of aromatic nitrogens is 1. The van der Waals surface area contributed by atoms with Gasteiger partial charge in [0.05, 0.1) is 30.0 Å². The molecule has 0 radical (unpaired) electrons. The predicted octanol–water partition coefficient (Wildman–Crippen LogP) is 6.56. The smallest absolute Gasteiger partial charge is 0.238 e. The predicted molar refractivity (Wildman–Crippen MR) is 177 cm³/mol. The van der Waals surface area contributed by atoms with Crippen LogP contribution in [0.15, 0.2) is 93.9 Å². The van der Waals surface area contributed by atoms with Crippen molar-refractivity contribution in [2.45, 2.75) is 39.5 Å². The molecule has 4 aromatic rings. The molecule has 0 spiro atoms. The average molecular weight is 643 g/mol. The number of Topliss-reactive ketones (excluding diaryl/α,β-unsaturated/α-hetero) is 2. The number of imide groups is 1. The lowest BCUT2D eigenvalue weighted by Crippen LogP contribution is -2.55. The highest BCUT2D eigenvalue weighted by Crippen LogP contribution is 2.63. The molecule has 3 aromatic carbocycles. The topological polar surface area (TPSA) is 127 Å². The van der Waals surface area contributed by atoms with Gasteiger partial charge in [0, 0.05) is 17.4 Å². The van der Waals surface area contributed by atoms with Crippen LogP contribution in [0.3, 0.4) is 0 Å². The van der Waals surface area contributed by atoms with E-state index < -0.39 is 35.0 Å². The van der Waals surface area contributed by atoms with Crippen LogP contribution in [0.2, 0.25) is 0 Å². The number of ether oxygens (including phenoxy) is 1. The van der Waals surface area contributed by atoms with Gasteiger partial charge in [-0.2, -0.15) is 0 Å². The number of para-hydroxylation sites is 2. The number of nitrogens with zero attached hydrogens (tertiary/aromatic N) is 2. The highest BCUT2D eigenvalue weighted by molar-refractivity contribution is 6.22. The summed E-state index contributed by atoms with van der Waals surface area (Å²) in [6.07, 6.45) is 2.63. The van der Waals surface area contributed by atoms with Crippen LogP contribution < -0.4 is 9.64 Å². The van der Waals surface area contributed by atoms with Crippen molar-refractivity contribution in [1.29, 1.82) is 0 Å². The first kappa shape index (κ1) is 30.1. The number of aromatic hydroxyl groups is 1. The highest BCUT2D eigenvalue weighted by Gasteiger charge is 2.64. The molecule has 48 heavy (non-hydrogen) atoms. The van der Waals surface area contributed by atoms with Gasteiger partial charge in [0.25, 0.3) is 0 Å². The van der Waals surface area contributed by atoms with Crippen LogP contribution in [0, 0.1) is 29.1 Å². The van der Waals surface area contributed by atoms with Gasteiger partial charge in [-0.3, -0.25) is 24.1 Å². The molecule has 1 saturated carbocycles. The van der Waals surface area contributed by atoms with E-state index in [1.54, 1.807) is 50.2 Å². The maximum absolute atomic E-state index is 14.4. The van der Waals surface area contributed by atoms with E-state index in [9.17, 15) is 24.3 Å². The van der Waals surface area contributed by atoms with Gasteiger partial charge in [0.2, 0.25) is 17.7 Å². The molecule has 3 aliphatic carbocycles. The molecule has 2 fully saturated rings. The first-order valence-corrected chi connectivity index (χ1v) is 16.2. The summed E-state index contributed by atoms with van der Waals surface area (Å²) in [7, 11) is 1.46. The van der Waals surface area contributed by atoms with Crippen molar-refractivity contribution in [2.24, 2.45) is 29.1 Å². The van der Waals surface area contributed by atoms with Gasteiger partial charge in [0.15, 0.2) is 28.6 Å². The number of ketones is 2. The Balaban J connectivity index is 1.18. The third kappa shape index (κ3) is 4.06. The van der Waals surface area contributed by atoms with E-state index in [0.29, 0.717) is 45.9 Å². The van der Waals surface area contributed by atoms with Crippen molar-refractivity contribution >= 4 is 40.2 Å². The van der Waals surface area contributed by atoms with E-state index in [-0.39, 0.29) is 41.3 Å². The number of phenolic OH excluding ortho intramolecular Hbond substituents is 1. The van der Waals surface area contributed by atoms with Gasteiger partial charge >= 0.3 is 0 Å². The number of oxazole rings is 1. The maximum atomic E-state index is 14.4. The van der Waals surface area contributed by atoms with E-state index >= 15 is 0 Å². The number of rotatable bonds is 4. The summed E-state index contributed by atoms with van der Waals surface area (Å²) >= 11 is 0. The van der Waals surface area contributed by atoms with Gasteiger partial charge in [0.1, 0.15) is 5.52 Å². The molecular formula is C39H34N2O7. The number of anilines is 1. The van der Waals surface area contributed by atoms with E-state index in [0.717, 1.165) is 11.1 Å². The van der Waals surface area contributed by atoms with Crippen molar-refractivity contribution in [3.63, 3.8) is 0 Å². The monoisotopic (exact) mass is 642 g/mol. The van der Waals surface area contributed by atoms with Crippen LogP contribution in [0.4, 0.5) is 5.69 Å². The SMILES string of the molecule is COc1cc([C@H]2C3=CC[C@@H]4C(=O)N(c5ccc(-c6nc7ccccc7o6)cc5)C(=O)[C@@H]4[C@@H]3C[C@H]3C(=O)C(C)=C(C)C(=O)[C@@]23C)ccc1O. The van der Waals surface area contributed by atoms with Gasteiger partial charge in [-0.15, -0.1) is 0 Å². The summed E-state index contributed by atoms with van der Waals surface area (Å²) < 4.78 is 11.3. The number of phenols is 1. The van der Waals surface area contributed by atoms with Crippen LogP contribution in [0.1, 0.15) is 45.1 Å². The van der Waals surface area contributed by atoms with E-state index in [1.807, 2.05) is 37.3 Å². The molecule has 8 rings (SSSR count). The number of carbonyl (C=O) groups excluding carboxylic acids is 4. The summed E-state index contributed by atoms with van der Waals surface area (Å²) in [5.41, 5.74) is 3.94. The number of amides is 2. The number of hydrogen-bond donors (Lipinski definition) is 1. The Hall–Kier alpha value is -5.31. The maximum Gasteiger partial charge on any atom is 0.238 e. The molecule has 1 aromatic heterocycles. The number of benzene rings is 3. The fourth-order valence-corrected chi connectivity index (χ4v) is 8.84. The summed E-state index contributed by atoms with van der Waals surface area (Å²) in [6, 6.07) is 19.5. The summed E-state index contributed by atoms with van der Waals surface area (Å²) in [5, 5.41) is 10.4. The fourth-order valence-electron chi connectivity index (χ4n) is 8.84. The zero-order valence-electron chi connectivity index (χ0n) is 27.0. The second-order valence-electron chi connectivity index (χ2n) is 13.6. The number of fused-ring (bicyclic) bond motifs is 5. The van der Waals surface area contributed by atoms with Crippen LogP contribution in [-0.4, -0.2) is 40.6 Å². The van der Waals surface area contributed by atoms with Gasteiger partial charge in [-0.25, -0.2) is 4.98 Å². The van der Waals surface area contributed by atoms with Crippen LogP contribution >= 0.6 is 0 Å². The Morgan fingerprint density at radius 3 is 2.42 bits per heavy atom. The van der Waals surface area contributed by atoms with Crippen molar-refractivity contribution in [3.8, 4) is 23.0 Å². The highest BCUT2D eigenvalue weighted by atomic mass is 16.5. The molecule has 1 N–H and O–H groups in total. The minimum absolute atomic E-state index is 0.0414. The Morgan fingerprint density at radius 2 is 1.69 bits per heavy atom. The van der Waals surface area contributed by atoms with Crippen LogP contribution in [0.25, 0.3) is 22.6 Å². The third-order valence-corrected chi connectivity index (χ3v) is 11.4. The zero-order chi connectivity index (χ0) is 33.6. The molecule has 2 amide bonds. The second kappa shape index (κ2) is 10.6. The van der Waals surface area contributed by atoms with Crippen LogP contribution in [0.5, 0.6) is 11.5 Å². The largest absolute Gasteiger partial charge is 0.504 e. The molecule has 1 aliphatic heterocycles. The van der Waals surface area contributed by atoms with Gasteiger partial charge in [-0.1, -0.05) is 36.8 Å². The number of methoxy groups -OCH3 is 1. The second-order valence-corrected chi connectivity index (χ2v) is 13.6. The standard InChI is InChI=1S/C39H34N2O7/c1-19-20(2)35(44)39(3)27(34(19)43)18-26-24(33(39)22-11-16-29(42)31(17-22)47-4)14-15-25-32(26)38(46)41(37(25)45)23-12-9-21(10-13-23)36-40-28-7-5-6-8-30(28)48-36/h5-14,16-17,25-27,32-33,42H,15,18H2,1-4H3/t25-,26+,27-,32-,33-,39+/m0/s1. The molecule has 1 saturated heterocycles. The van der Waals surface area contributed by atoms with Gasteiger partial charge < -0.3 is 14.3 Å². The lowest BCUT2D eigenvalue weighted by molar-refractivity contribution is -0.142. The first-order valence-electron chi connectivity index (χ1n) is 16.2. The van der Waals surface area contributed by atoms with E-state index in [1.165, 1.54) is 18.1 Å². The molecule has 6 atom stereocenters. The minimum Gasteiger partial charge on any atom is -0.504 e. The zero-order valence-corrected chi connectivity index (χ0v) is 27.0. The molecule has 242 valence electrons. The molecule has 9 heteroatoms. The first-order chi connectivity index (χ1) is 23.0. The van der Waals surface area contributed by atoms with Crippen molar-refractivity contribution in [3.05, 3.63) is 95.1 Å². The lowest BCUT2D eigenvalue weighted by Gasteiger charge is -2.54. The van der Waals surface area contributed by atoms with Crippen molar-refractivity contribution in [1.82, 2.24) is 4.98 Å². The minimum atomic E-state index is -1.12. The fraction of sp³-hybridized carbons (Fsp3) is 0.308. The number of hydrogen-bond acceptors (Lipinski definition) is 8. The Morgan fingerprint density at radius 1 is 0.938 bits per heavy atom. The van der Waals surface area contributed by atoms with Crippen molar-refractivity contribution < 1.29 is 33.4 Å². The third-order valence-electron chi connectivity index (χ3n) is 11.4. The quantitative estimate of drug-likeness (QED) is 0.196. The van der Waals surface area contributed by atoms with E-state index in [2.05, 4.69) is 4.98 Å². The number of carbonyl (C=O) groups is 4. The molecule has 2 heterocycles. The van der Waals surface area contributed by atoms with Gasteiger partial charge in [-0.05, 0) is 97.8 Å². The summed E-state index contributed by atoms with van der Waals surface area (Å²) in [4.78, 5) is 62.5. The average Bonchev–Trinajstić information content (AvgIpc) is 3.64. The summed E-state index contributed by atoms with van der Waals surface area (Å²) in [5.74, 6) is -3.09. The molecule has 9 nitrogen and oxygen atoms in total. The van der Waals surface area contributed by atoms with E-state index in [4.69, 9.17) is 9.15 Å². The van der Waals surface area contributed by atoms with Crippen LogP contribution in [-0.2, 0) is 19.2 Å². The molecule has 4 aliphatic rings. The molecule has 0 bridgehead atoms.